The quantitative estimate of drug-likeness (QED) is 0.593. The van der Waals surface area contributed by atoms with Crippen molar-refractivity contribution >= 4 is 17.1 Å². The molecule has 0 spiro atoms. The molecule has 18 heavy (non-hydrogen) atoms. The first kappa shape index (κ1) is 12.7. The lowest BCUT2D eigenvalue weighted by atomic mass is 10.1. The van der Waals surface area contributed by atoms with Crippen LogP contribution in [0.15, 0.2) is 24.4 Å². The Morgan fingerprint density at radius 2 is 2.17 bits per heavy atom. The molecule has 1 aromatic heterocycles. The number of rotatable bonds is 7. The molecule has 0 saturated heterocycles. The summed E-state index contributed by atoms with van der Waals surface area (Å²) in [5.74, 6) is 0.805. The van der Waals surface area contributed by atoms with E-state index in [1.54, 1.807) is 0 Å². The molecule has 2 aromatic rings. The highest BCUT2D eigenvalue weighted by Crippen LogP contribution is 2.25. The van der Waals surface area contributed by atoms with Crippen molar-refractivity contribution in [1.29, 1.82) is 0 Å². The predicted molar refractivity (Wildman–Crippen MR) is 73.3 cm³/mol. The third kappa shape index (κ3) is 2.92. The lowest BCUT2D eigenvalue weighted by Crippen LogP contribution is -1.97. The van der Waals surface area contributed by atoms with Gasteiger partial charge in [-0.2, -0.15) is 0 Å². The fraction of sp³-hybridized carbons (Fsp3) is 0.400. The number of carbonyl (C=O) groups is 1. The van der Waals surface area contributed by atoms with Gasteiger partial charge in [-0.3, -0.25) is 4.79 Å². The number of aldehydes is 1. The van der Waals surface area contributed by atoms with Gasteiger partial charge in [0.25, 0.3) is 0 Å². The molecule has 1 N–H and O–H groups in total. The van der Waals surface area contributed by atoms with Gasteiger partial charge in [0.05, 0.1) is 6.61 Å². The maximum Gasteiger partial charge on any atom is 0.198 e. The summed E-state index contributed by atoms with van der Waals surface area (Å²) in [6.07, 6.45) is 7.53. The van der Waals surface area contributed by atoms with Crippen LogP contribution in [0.5, 0.6) is 5.88 Å². The van der Waals surface area contributed by atoms with E-state index in [-0.39, 0.29) is 0 Å². The molecule has 0 saturated carbocycles. The van der Waals surface area contributed by atoms with Gasteiger partial charge in [0.15, 0.2) is 5.88 Å². The lowest BCUT2D eigenvalue weighted by Gasteiger charge is -2.04. The maximum atomic E-state index is 10.7. The number of unbranched alkanes of at least 4 members (excludes halogenated alkanes) is 3. The summed E-state index contributed by atoms with van der Waals surface area (Å²) < 4.78 is 5.74. The van der Waals surface area contributed by atoms with E-state index in [9.17, 15) is 4.79 Å². The van der Waals surface area contributed by atoms with Crippen molar-refractivity contribution in [1.82, 2.24) is 4.98 Å². The van der Waals surface area contributed by atoms with Crippen molar-refractivity contribution in [2.75, 3.05) is 6.61 Å². The molecule has 3 heteroatoms. The van der Waals surface area contributed by atoms with Crippen molar-refractivity contribution in [3.8, 4) is 5.88 Å². The molecular formula is C15H19NO2. The van der Waals surface area contributed by atoms with E-state index >= 15 is 0 Å². The largest absolute Gasteiger partial charge is 0.479 e. The Kier molecular flexibility index (Phi) is 4.40. The van der Waals surface area contributed by atoms with Crippen LogP contribution in [0.3, 0.4) is 0 Å². The van der Waals surface area contributed by atoms with Crippen molar-refractivity contribution in [3.63, 3.8) is 0 Å². The number of H-pyrrole nitrogens is 1. The fourth-order valence-electron chi connectivity index (χ4n) is 2.02. The third-order valence-corrected chi connectivity index (χ3v) is 3.06. The topological polar surface area (TPSA) is 42.1 Å². The Balaban J connectivity index is 1.99. The second-order valence-corrected chi connectivity index (χ2v) is 4.49. The van der Waals surface area contributed by atoms with Crippen LogP contribution in [-0.2, 0) is 0 Å². The van der Waals surface area contributed by atoms with Gasteiger partial charge in [0, 0.05) is 22.5 Å². The Labute approximate surface area is 107 Å². The number of hydrogen-bond donors (Lipinski definition) is 1. The molecule has 0 atom stereocenters. The fourth-order valence-corrected chi connectivity index (χ4v) is 2.02. The summed E-state index contributed by atoms with van der Waals surface area (Å²) in [5, 5.41) is 2.05. The number of ether oxygens (including phenoxy) is 1. The molecular weight excluding hydrogens is 226 g/mol. The van der Waals surface area contributed by atoms with Gasteiger partial charge >= 0.3 is 0 Å². The molecule has 1 heterocycles. The minimum atomic E-state index is 0.691. The lowest BCUT2D eigenvalue weighted by molar-refractivity contribution is 0.112. The van der Waals surface area contributed by atoms with E-state index in [0.29, 0.717) is 5.56 Å². The molecule has 0 fully saturated rings. The van der Waals surface area contributed by atoms with Crippen LogP contribution >= 0.6 is 0 Å². The number of benzene rings is 1. The van der Waals surface area contributed by atoms with E-state index in [1.165, 1.54) is 19.3 Å². The molecule has 0 amide bonds. The van der Waals surface area contributed by atoms with E-state index in [4.69, 9.17) is 4.74 Å². The average Bonchev–Trinajstić information content (AvgIpc) is 2.81. The summed E-state index contributed by atoms with van der Waals surface area (Å²) in [7, 11) is 0. The van der Waals surface area contributed by atoms with Crippen LogP contribution in [0.2, 0.25) is 0 Å². The molecule has 2 rings (SSSR count). The first-order chi connectivity index (χ1) is 8.85. The number of hydrogen-bond acceptors (Lipinski definition) is 2. The van der Waals surface area contributed by atoms with E-state index in [1.807, 2.05) is 24.4 Å². The Hall–Kier alpha value is -1.77. The molecule has 0 aliphatic rings. The minimum absolute atomic E-state index is 0.691. The van der Waals surface area contributed by atoms with E-state index in [0.717, 1.165) is 36.0 Å². The highest BCUT2D eigenvalue weighted by atomic mass is 16.5. The van der Waals surface area contributed by atoms with Crippen LogP contribution < -0.4 is 4.74 Å². The highest BCUT2D eigenvalue weighted by molar-refractivity contribution is 5.92. The van der Waals surface area contributed by atoms with Crippen LogP contribution in [-0.4, -0.2) is 17.9 Å². The molecule has 0 unspecified atom stereocenters. The molecule has 3 nitrogen and oxygen atoms in total. The van der Waals surface area contributed by atoms with Gasteiger partial charge in [0.1, 0.15) is 6.29 Å². The van der Waals surface area contributed by atoms with Gasteiger partial charge < -0.3 is 9.72 Å². The van der Waals surface area contributed by atoms with Gasteiger partial charge in [-0.1, -0.05) is 32.3 Å². The van der Waals surface area contributed by atoms with Crippen LogP contribution in [0.25, 0.3) is 10.8 Å². The predicted octanol–water partition coefficient (Wildman–Crippen LogP) is 3.94. The highest BCUT2D eigenvalue weighted by Gasteiger charge is 2.05. The van der Waals surface area contributed by atoms with Crippen LogP contribution in [0.1, 0.15) is 43.0 Å². The summed E-state index contributed by atoms with van der Waals surface area (Å²) in [4.78, 5) is 13.8. The molecule has 0 aliphatic heterocycles. The number of nitrogens with one attached hydrogen (secondary N) is 1. The molecule has 0 radical (unpaired) electrons. The van der Waals surface area contributed by atoms with Crippen molar-refractivity contribution in [2.45, 2.75) is 32.6 Å². The summed E-state index contributed by atoms with van der Waals surface area (Å²) in [5.41, 5.74) is 0.691. The zero-order chi connectivity index (χ0) is 12.8. The SMILES string of the molecule is CCCCCCOc1[nH]cc2cc(C=O)ccc12. The number of aromatic nitrogens is 1. The van der Waals surface area contributed by atoms with Crippen molar-refractivity contribution in [2.24, 2.45) is 0 Å². The summed E-state index contributed by atoms with van der Waals surface area (Å²) in [6.45, 7) is 2.94. The second-order valence-electron chi connectivity index (χ2n) is 4.49. The normalized spacial score (nSPS) is 10.7. The number of fused-ring (bicyclic) bond motifs is 1. The minimum Gasteiger partial charge on any atom is -0.479 e. The van der Waals surface area contributed by atoms with Crippen LogP contribution in [0.4, 0.5) is 0 Å². The zero-order valence-electron chi connectivity index (χ0n) is 10.7. The molecule has 1 aromatic carbocycles. The van der Waals surface area contributed by atoms with E-state index < -0.39 is 0 Å². The standard InChI is InChI=1S/C15H19NO2/c1-2-3-4-5-8-18-15-14-7-6-12(11-17)9-13(14)10-16-15/h6-7,9-11,16H,2-5,8H2,1H3. The van der Waals surface area contributed by atoms with E-state index in [2.05, 4.69) is 11.9 Å². The Morgan fingerprint density at radius 3 is 2.94 bits per heavy atom. The molecule has 0 aliphatic carbocycles. The number of carbonyl (C=O) groups excluding carboxylic acids is 1. The molecule has 96 valence electrons. The third-order valence-electron chi connectivity index (χ3n) is 3.06. The summed E-state index contributed by atoms with van der Waals surface area (Å²) >= 11 is 0. The zero-order valence-corrected chi connectivity index (χ0v) is 10.7. The smallest absolute Gasteiger partial charge is 0.198 e. The Bertz CT molecular complexity index is 516. The maximum absolute atomic E-state index is 10.7. The van der Waals surface area contributed by atoms with Gasteiger partial charge in [-0.05, 0) is 18.6 Å². The Morgan fingerprint density at radius 1 is 1.28 bits per heavy atom. The average molecular weight is 245 g/mol. The second kappa shape index (κ2) is 6.24. The van der Waals surface area contributed by atoms with Gasteiger partial charge in [-0.25, -0.2) is 0 Å². The van der Waals surface area contributed by atoms with Crippen LogP contribution in [0, 0.1) is 0 Å². The first-order valence-electron chi connectivity index (χ1n) is 6.54. The monoisotopic (exact) mass is 245 g/mol. The molecule has 0 bridgehead atoms. The summed E-state index contributed by atoms with van der Waals surface area (Å²) in [6, 6.07) is 5.60. The number of aromatic amines is 1. The van der Waals surface area contributed by atoms with Gasteiger partial charge in [0.2, 0.25) is 0 Å². The first-order valence-corrected chi connectivity index (χ1v) is 6.54. The van der Waals surface area contributed by atoms with Gasteiger partial charge in [-0.15, -0.1) is 0 Å². The van der Waals surface area contributed by atoms with Crippen molar-refractivity contribution < 1.29 is 9.53 Å². The van der Waals surface area contributed by atoms with Crippen molar-refractivity contribution in [3.05, 3.63) is 30.0 Å².